The lowest BCUT2D eigenvalue weighted by Gasteiger charge is -1.94. The lowest BCUT2D eigenvalue weighted by atomic mass is 10.1. The van der Waals surface area contributed by atoms with Crippen LogP contribution in [0.4, 0.5) is 0 Å². The maximum absolute atomic E-state index is 10.3. The quantitative estimate of drug-likeness (QED) is 0.305. The minimum atomic E-state index is -0.884. The molecule has 0 fully saturated rings. The molecule has 0 bridgehead atoms. The van der Waals surface area contributed by atoms with Gasteiger partial charge in [0, 0.05) is 6.08 Å². The number of carboxylic acid groups (broad SMARTS) is 1. The monoisotopic (exact) mass is 222 g/mol. The highest BCUT2D eigenvalue weighted by molar-refractivity contribution is 5.81. The molecule has 0 aromatic rings. The van der Waals surface area contributed by atoms with Gasteiger partial charge in [0.2, 0.25) is 0 Å². The Labute approximate surface area is 98.4 Å². The van der Waals surface area contributed by atoms with E-state index in [1.54, 1.807) is 6.92 Å². The fraction of sp³-hybridized carbons (Fsp3) is 0.500. The van der Waals surface area contributed by atoms with Crippen molar-refractivity contribution < 1.29 is 9.90 Å². The van der Waals surface area contributed by atoms with E-state index < -0.39 is 5.97 Å². The van der Waals surface area contributed by atoms with Gasteiger partial charge in [-0.2, -0.15) is 0 Å². The molecule has 0 aliphatic heterocycles. The Morgan fingerprint density at radius 3 is 2.31 bits per heavy atom. The normalized spacial score (nSPS) is 11.8. The summed E-state index contributed by atoms with van der Waals surface area (Å²) in [5, 5.41) is 8.49. The van der Waals surface area contributed by atoms with Crippen molar-refractivity contribution >= 4 is 5.97 Å². The van der Waals surface area contributed by atoms with Gasteiger partial charge >= 0.3 is 5.97 Å². The molecule has 16 heavy (non-hydrogen) atoms. The zero-order valence-electron chi connectivity index (χ0n) is 10.5. The van der Waals surface area contributed by atoms with Gasteiger partial charge in [-0.25, -0.2) is 4.79 Å². The fourth-order valence-corrected chi connectivity index (χ4v) is 1.31. The van der Waals surface area contributed by atoms with E-state index in [0.717, 1.165) is 24.8 Å². The molecular formula is C14H22O2. The van der Waals surface area contributed by atoms with Crippen LogP contribution >= 0.6 is 0 Å². The summed E-state index contributed by atoms with van der Waals surface area (Å²) in [5.41, 5.74) is 2.16. The number of carboxylic acids is 1. The Balaban J connectivity index is 3.63. The first-order chi connectivity index (χ1) is 7.52. The van der Waals surface area contributed by atoms with Crippen LogP contribution in [-0.2, 0) is 4.79 Å². The Kier molecular flexibility index (Phi) is 8.22. The molecule has 0 aliphatic rings. The van der Waals surface area contributed by atoms with Gasteiger partial charge in [-0.1, -0.05) is 23.8 Å². The van der Waals surface area contributed by atoms with Crippen LogP contribution in [0.25, 0.3) is 0 Å². The molecule has 0 aromatic heterocycles. The molecule has 0 aliphatic carbocycles. The molecule has 0 aromatic carbocycles. The van der Waals surface area contributed by atoms with Gasteiger partial charge in [-0.15, -0.1) is 0 Å². The Morgan fingerprint density at radius 1 is 1.12 bits per heavy atom. The van der Waals surface area contributed by atoms with Crippen molar-refractivity contribution in [3.05, 3.63) is 35.5 Å². The summed E-state index contributed by atoms with van der Waals surface area (Å²) in [5.74, 6) is -0.884. The summed E-state index contributed by atoms with van der Waals surface area (Å²) in [6.07, 6.45) is 11.9. The van der Waals surface area contributed by atoms with Gasteiger partial charge in [0.15, 0.2) is 0 Å². The molecule has 0 spiro atoms. The Bertz CT molecular complexity index is 292. The van der Waals surface area contributed by atoms with E-state index in [2.05, 4.69) is 19.9 Å². The van der Waals surface area contributed by atoms with Crippen LogP contribution in [0.3, 0.4) is 0 Å². The number of hydrogen-bond acceptors (Lipinski definition) is 1. The molecule has 0 saturated carbocycles. The zero-order valence-corrected chi connectivity index (χ0v) is 10.5. The smallest absolute Gasteiger partial charge is 0.328 e. The first-order valence-electron chi connectivity index (χ1n) is 5.73. The van der Waals surface area contributed by atoms with Crippen molar-refractivity contribution in [3.63, 3.8) is 0 Å². The van der Waals surface area contributed by atoms with E-state index >= 15 is 0 Å². The van der Waals surface area contributed by atoms with E-state index in [1.807, 2.05) is 12.2 Å². The lowest BCUT2D eigenvalue weighted by Crippen LogP contribution is -1.87. The van der Waals surface area contributed by atoms with Crippen LogP contribution in [0.2, 0.25) is 0 Å². The Hall–Kier alpha value is -1.31. The van der Waals surface area contributed by atoms with E-state index in [-0.39, 0.29) is 0 Å². The second kappa shape index (κ2) is 8.96. The van der Waals surface area contributed by atoms with E-state index in [1.165, 1.54) is 18.1 Å². The predicted octanol–water partition coefficient (Wildman–Crippen LogP) is 4.10. The Morgan fingerprint density at radius 2 is 1.75 bits per heavy atom. The van der Waals surface area contributed by atoms with Crippen molar-refractivity contribution in [1.82, 2.24) is 0 Å². The average molecular weight is 222 g/mol. The van der Waals surface area contributed by atoms with Gasteiger partial charge in [-0.3, -0.25) is 0 Å². The van der Waals surface area contributed by atoms with Crippen LogP contribution in [0.5, 0.6) is 0 Å². The predicted molar refractivity (Wildman–Crippen MR) is 68.4 cm³/mol. The first-order valence-corrected chi connectivity index (χ1v) is 5.73. The molecule has 0 rings (SSSR count). The van der Waals surface area contributed by atoms with Crippen molar-refractivity contribution in [1.29, 1.82) is 0 Å². The molecule has 0 radical (unpaired) electrons. The third-order valence-corrected chi connectivity index (χ3v) is 2.11. The third-order valence-electron chi connectivity index (χ3n) is 2.11. The van der Waals surface area contributed by atoms with Crippen molar-refractivity contribution in [2.24, 2.45) is 0 Å². The van der Waals surface area contributed by atoms with E-state index in [0.29, 0.717) is 0 Å². The van der Waals surface area contributed by atoms with Crippen LogP contribution in [-0.4, -0.2) is 11.1 Å². The number of unbranched alkanes of at least 4 members (excludes halogenated alkanes) is 3. The lowest BCUT2D eigenvalue weighted by molar-refractivity contribution is -0.131. The molecule has 0 heterocycles. The number of hydrogen-bond donors (Lipinski definition) is 1. The minimum Gasteiger partial charge on any atom is -0.478 e. The summed E-state index contributed by atoms with van der Waals surface area (Å²) in [7, 11) is 0. The molecule has 0 amide bonds. The molecule has 0 saturated heterocycles. The van der Waals surface area contributed by atoms with Crippen molar-refractivity contribution in [3.8, 4) is 0 Å². The SMILES string of the molecule is CC(C)=CCCCC/C=C/C(C)=C\C(=O)O. The zero-order chi connectivity index (χ0) is 12.4. The van der Waals surface area contributed by atoms with E-state index in [9.17, 15) is 4.79 Å². The molecular weight excluding hydrogens is 200 g/mol. The van der Waals surface area contributed by atoms with Gasteiger partial charge in [0.25, 0.3) is 0 Å². The number of carbonyl (C=O) groups is 1. The highest BCUT2D eigenvalue weighted by atomic mass is 16.4. The second-order valence-electron chi connectivity index (χ2n) is 4.19. The summed E-state index contributed by atoms with van der Waals surface area (Å²) in [6.45, 7) is 6.02. The summed E-state index contributed by atoms with van der Waals surface area (Å²) >= 11 is 0. The number of allylic oxidation sites excluding steroid dienone is 5. The molecule has 90 valence electrons. The van der Waals surface area contributed by atoms with Crippen LogP contribution < -0.4 is 0 Å². The summed E-state index contributed by atoms with van der Waals surface area (Å²) in [4.78, 5) is 10.3. The topological polar surface area (TPSA) is 37.3 Å². The molecule has 1 N–H and O–H groups in total. The molecule has 2 nitrogen and oxygen atoms in total. The maximum atomic E-state index is 10.3. The van der Waals surface area contributed by atoms with Crippen LogP contribution in [0, 0.1) is 0 Å². The first kappa shape index (κ1) is 14.7. The van der Waals surface area contributed by atoms with Gasteiger partial charge in [0.1, 0.15) is 0 Å². The maximum Gasteiger partial charge on any atom is 0.328 e. The molecule has 2 heteroatoms. The minimum absolute atomic E-state index is 0.789. The number of rotatable bonds is 7. The summed E-state index contributed by atoms with van der Waals surface area (Å²) in [6, 6.07) is 0. The van der Waals surface area contributed by atoms with Crippen LogP contribution in [0.1, 0.15) is 46.5 Å². The standard InChI is InChI=1S/C14H22O2/c1-12(2)9-7-5-4-6-8-10-13(3)11-14(15)16/h8-11H,4-7H2,1-3H3,(H,15,16)/b10-8+,13-11-. The van der Waals surface area contributed by atoms with Crippen LogP contribution in [0.15, 0.2) is 35.5 Å². The second-order valence-corrected chi connectivity index (χ2v) is 4.19. The highest BCUT2D eigenvalue weighted by Crippen LogP contribution is 2.05. The summed E-state index contributed by atoms with van der Waals surface area (Å²) < 4.78 is 0. The van der Waals surface area contributed by atoms with E-state index in [4.69, 9.17) is 5.11 Å². The van der Waals surface area contributed by atoms with Gasteiger partial charge in [0.05, 0.1) is 0 Å². The van der Waals surface area contributed by atoms with Gasteiger partial charge < -0.3 is 5.11 Å². The van der Waals surface area contributed by atoms with Crippen molar-refractivity contribution in [2.45, 2.75) is 46.5 Å². The number of aliphatic carboxylic acids is 1. The fourth-order valence-electron chi connectivity index (χ4n) is 1.31. The van der Waals surface area contributed by atoms with Crippen molar-refractivity contribution in [2.75, 3.05) is 0 Å². The highest BCUT2D eigenvalue weighted by Gasteiger charge is 1.89. The van der Waals surface area contributed by atoms with Gasteiger partial charge in [-0.05, 0) is 52.0 Å². The molecule has 0 unspecified atom stereocenters. The average Bonchev–Trinajstić information content (AvgIpc) is 2.14. The molecule has 0 atom stereocenters. The third kappa shape index (κ3) is 10.8. The largest absolute Gasteiger partial charge is 0.478 e.